The van der Waals surface area contributed by atoms with Gasteiger partial charge in [0.2, 0.25) is 0 Å². The smallest absolute Gasteiger partial charge is 0.0420 e. The van der Waals surface area contributed by atoms with Crippen LogP contribution < -0.4 is 0 Å². The Kier molecular flexibility index (Phi) is 13.0. The molecule has 0 rings (SSSR count). The highest BCUT2D eigenvalue weighted by atomic mass is 14.1. The third-order valence-corrected chi connectivity index (χ3v) is 2.58. The first kappa shape index (κ1) is 16.4. The lowest BCUT2D eigenvalue weighted by Gasteiger charge is -2.15. The Hall–Kier alpha value is 0. The molecule has 0 aliphatic rings. The summed E-state index contributed by atoms with van der Waals surface area (Å²) < 4.78 is 0. The van der Waals surface area contributed by atoms with Crippen LogP contribution in [0.5, 0.6) is 0 Å². The van der Waals surface area contributed by atoms with Gasteiger partial charge >= 0.3 is 0 Å². The zero-order valence-electron chi connectivity index (χ0n) is 11.6. The third-order valence-electron chi connectivity index (χ3n) is 2.58. The number of rotatable bonds is 5. The highest BCUT2D eigenvalue weighted by molar-refractivity contribution is 4.57. The molecule has 0 aromatic carbocycles. The van der Waals surface area contributed by atoms with E-state index in [1.165, 1.54) is 25.7 Å². The summed E-state index contributed by atoms with van der Waals surface area (Å²) in [5.74, 6) is 2.66. The zero-order chi connectivity index (χ0) is 11.6. The second-order valence-corrected chi connectivity index (χ2v) is 5.25. The molecular weight excluding hydrogens is 168 g/mol. The third kappa shape index (κ3) is 14.5. The minimum absolute atomic E-state index is 0.863. The minimum atomic E-state index is 0.863. The summed E-state index contributed by atoms with van der Waals surface area (Å²) >= 11 is 0. The van der Waals surface area contributed by atoms with Gasteiger partial charge in [0.1, 0.15) is 0 Å². The van der Waals surface area contributed by atoms with Crippen LogP contribution in [-0.4, -0.2) is 0 Å². The summed E-state index contributed by atoms with van der Waals surface area (Å²) in [6.45, 7) is 15.9. The Morgan fingerprint density at radius 3 is 1.50 bits per heavy atom. The molecule has 1 atom stereocenters. The molecule has 0 amide bonds. The summed E-state index contributed by atoms with van der Waals surface area (Å²) in [5.41, 5.74) is 0. The van der Waals surface area contributed by atoms with Crippen molar-refractivity contribution in [3.63, 3.8) is 0 Å². The highest BCUT2D eigenvalue weighted by Crippen LogP contribution is 2.18. The number of hydrogen-bond donors (Lipinski definition) is 0. The fourth-order valence-electron chi connectivity index (χ4n) is 1.18. The topological polar surface area (TPSA) is 0 Å². The monoisotopic (exact) mass is 200 g/mol. The van der Waals surface area contributed by atoms with E-state index in [4.69, 9.17) is 0 Å². The first-order valence-corrected chi connectivity index (χ1v) is 6.45. The second kappa shape index (κ2) is 11.1. The molecular formula is C14H32. The molecule has 88 valence electrons. The van der Waals surface area contributed by atoms with E-state index in [0.717, 1.165) is 17.8 Å². The Bertz CT molecular complexity index is 92.2. The van der Waals surface area contributed by atoms with Gasteiger partial charge in [-0.05, 0) is 17.8 Å². The van der Waals surface area contributed by atoms with Gasteiger partial charge in [0, 0.05) is 0 Å². The van der Waals surface area contributed by atoms with E-state index < -0.39 is 0 Å². The molecule has 0 nitrogen and oxygen atoms in total. The normalized spacial score (nSPS) is 12.6. The quantitative estimate of drug-likeness (QED) is 0.548. The van der Waals surface area contributed by atoms with Gasteiger partial charge in [0.25, 0.3) is 0 Å². The molecule has 0 N–H and O–H groups in total. The molecule has 0 aromatic heterocycles. The van der Waals surface area contributed by atoms with Crippen LogP contribution in [0.3, 0.4) is 0 Å². The van der Waals surface area contributed by atoms with E-state index in [9.17, 15) is 0 Å². The van der Waals surface area contributed by atoms with Crippen LogP contribution in [0.2, 0.25) is 0 Å². The van der Waals surface area contributed by atoms with Crippen molar-refractivity contribution in [2.24, 2.45) is 17.8 Å². The Morgan fingerprint density at radius 2 is 1.21 bits per heavy atom. The Morgan fingerprint density at radius 1 is 0.786 bits per heavy atom. The molecule has 0 unspecified atom stereocenters. The van der Waals surface area contributed by atoms with Gasteiger partial charge in [-0.2, -0.15) is 0 Å². The van der Waals surface area contributed by atoms with Crippen molar-refractivity contribution in [1.82, 2.24) is 0 Å². The highest BCUT2D eigenvalue weighted by Gasteiger charge is 2.06. The Balaban J connectivity index is 0. The first-order valence-electron chi connectivity index (χ1n) is 6.45. The molecule has 0 heterocycles. The second-order valence-electron chi connectivity index (χ2n) is 5.25. The lowest BCUT2D eigenvalue weighted by Crippen LogP contribution is -2.03. The van der Waals surface area contributed by atoms with E-state index >= 15 is 0 Å². The van der Waals surface area contributed by atoms with Crippen molar-refractivity contribution in [3.05, 3.63) is 0 Å². The lowest BCUT2D eigenvalue weighted by atomic mass is 9.91. The maximum Gasteiger partial charge on any atom is -0.0420 e. The SMILES string of the molecule is CC(C)CCC[C@@H](C)C(C)C.CCC. The van der Waals surface area contributed by atoms with Crippen LogP contribution in [0.25, 0.3) is 0 Å². The fourth-order valence-corrected chi connectivity index (χ4v) is 1.18. The molecule has 0 spiro atoms. The summed E-state index contributed by atoms with van der Waals surface area (Å²) in [5, 5.41) is 0. The fraction of sp³-hybridized carbons (Fsp3) is 1.00. The average molecular weight is 200 g/mol. The van der Waals surface area contributed by atoms with Gasteiger partial charge < -0.3 is 0 Å². The van der Waals surface area contributed by atoms with Gasteiger partial charge in [-0.25, -0.2) is 0 Å². The van der Waals surface area contributed by atoms with Crippen LogP contribution in [0.15, 0.2) is 0 Å². The molecule has 0 aromatic rings. The molecule has 0 bridgehead atoms. The molecule has 0 aliphatic heterocycles. The summed E-state index contributed by atoms with van der Waals surface area (Å²) in [6, 6.07) is 0. The minimum Gasteiger partial charge on any atom is -0.0656 e. The summed E-state index contributed by atoms with van der Waals surface area (Å²) in [6.07, 6.45) is 5.48. The van der Waals surface area contributed by atoms with Crippen LogP contribution in [0.1, 0.15) is 74.1 Å². The molecule has 0 heteroatoms. The van der Waals surface area contributed by atoms with Crippen molar-refractivity contribution < 1.29 is 0 Å². The largest absolute Gasteiger partial charge is 0.0656 e. The van der Waals surface area contributed by atoms with Gasteiger partial charge in [0.05, 0.1) is 0 Å². The van der Waals surface area contributed by atoms with Crippen LogP contribution in [0.4, 0.5) is 0 Å². The maximum absolute atomic E-state index is 2.37. The van der Waals surface area contributed by atoms with E-state index in [1.54, 1.807) is 0 Å². The van der Waals surface area contributed by atoms with E-state index in [1.807, 2.05) is 0 Å². The van der Waals surface area contributed by atoms with Gasteiger partial charge in [-0.15, -0.1) is 0 Å². The first-order chi connectivity index (χ1) is 6.45. The molecule has 14 heavy (non-hydrogen) atoms. The molecule has 0 aliphatic carbocycles. The lowest BCUT2D eigenvalue weighted by molar-refractivity contribution is 0.366. The summed E-state index contributed by atoms with van der Waals surface area (Å²) in [7, 11) is 0. The van der Waals surface area contributed by atoms with Crippen molar-refractivity contribution in [2.75, 3.05) is 0 Å². The van der Waals surface area contributed by atoms with E-state index in [2.05, 4.69) is 48.5 Å². The maximum atomic E-state index is 2.37. The molecule has 0 saturated heterocycles. The number of hydrogen-bond acceptors (Lipinski definition) is 0. The molecule has 0 fully saturated rings. The van der Waals surface area contributed by atoms with Crippen molar-refractivity contribution >= 4 is 0 Å². The van der Waals surface area contributed by atoms with Crippen LogP contribution >= 0.6 is 0 Å². The van der Waals surface area contributed by atoms with Crippen LogP contribution in [-0.2, 0) is 0 Å². The van der Waals surface area contributed by atoms with Crippen LogP contribution in [0, 0.1) is 17.8 Å². The van der Waals surface area contributed by atoms with Crippen molar-refractivity contribution in [3.8, 4) is 0 Å². The summed E-state index contributed by atoms with van der Waals surface area (Å²) in [4.78, 5) is 0. The molecule has 0 saturated carbocycles. The van der Waals surface area contributed by atoms with Crippen molar-refractivity contribution in [1.29, 1.82) is 0 Å². The van der Waals surface area contributed by atoms with Gasteiger partial charge in [0.15, 0.2) is 0 Å². The van der Waals surface area contributed by atoms with Gasteiger partial charge in [-0.1, -0.05) is 74.1 Å². The zero-order valence-corrected chi connectivity index (χ0v) is 11.6. The predicted molar refractivity (Wildman–Crippen MR) is 68.7 cm³/mol. The molecule has 0 radical (unpaired) electrons. The van der Waals surface area contributed by atoms with E-state index in [0.29, 0.717) is 0 Å². The van der Waals surface area contributed by atoms with E-state index in [-0.39, 0.29) is 0 Å². The average Bonchev–Trinajstić information content (AvgIpc) is 2.04. The predicted octanol–water partition coefficient (Wildman–Crippen LogP) is 5.52. The Labute approximate surface area is 92.5 Å². The van der Waals surface area contributed by atoms with Crippen molar-refractivity contribution in [2.45, 2.75) is 74.1 Å². The van der Waals surface area contributed by atoms with Gasteiger partial charge in [-0.3, -0.25) is 0 Å². The standard InChI is InChI=1S/C11H24.C3H8/c1-9(2)7-6-8-11(5)10(3)4;1-3-2/h9-11H,6-8H2,1-5H3;3H2,1-2H3/t11-;/m1./s1.